The number of aromatic nitrogens is 2. The number of nitrogens with one attached hydrogen (secondary N) is 1. The van der Waals surface area contributed by atoms with Crippen LogP contribution in [0.3, 0.4) is 0 Å². The van der Waals surface area contributed by atoms with Crippen molar-refractivity contribution < 1.29 is 0 Å². The Labute approximate surface area is 117 Å². The molecule has 1 unspecified atom stereocenters. The average Bonchev–Trinajstić information content (AvgIpc) is 2.35. The number of fused-ring (bicyclic) bond motifs is 1. The van der Waals surface area contributed by atoms with Crippen molar-refractivity contribution in [3.05, 3.63) is 22.8 Å². The summed E-state index contributed by atoms with van der Waals surface area (Å²) in [6, 6.07) is 0. The summed E-state index contributed by atoms with van der Waals surface area (Å²) in [6.07, 6.45) is 3.50. The highest BCUT2D eigenvalue weighted by Crippen LogP contribution is 2.28. The maximum Gasteiger partial charge on any atom is 0.134 e. The summed E-state index contributed by atoms with van der Waals surface area (Å²) >= 11 is 0. The summed E-state index contributed by atoms with van der Waals surface area (Å²) in [4.78, 5) is 9.57. The molecule has 1 aromatic heterocycles. The molecule has 0 bridgehead atoms. The smallest absolute Gasteiger partial charge is 0.134 e. The molecule has 0 spiro atoms. The Balaban J connectivity index is 2.22. The molecule has 1 aliphatic carbocycles. The largest absolute Gasteiger partial charge is 0.317 e. The minimum Gasteiger partial charge on any atom is -0.317 e. The van der Waals surface area contributed by atoms with Gasteiger partial charge in [0.15, 0.2) is 0 Å². The van der Waals surface area contributed by atoms with Gasteiger partial charge in [-0.2, -0.15) is 0 Å². The van der Waals surface area contributed by atoms with E-state index in [1.807, 2.05) is 0 Å². The van der Waals surface area contributed by atoms with Crippen LogP contribution in [0.15, 0.2) is 0 Å². The molecule has 0 saturated heterocycles. The van der Waals surface area contributed by atoms with Gasteiger partial charge in [-0.25, -0.2) is 9.97 Å². The van der Waals surface area contributed by atoms with Gasteiger partial charge in [0.1, 0.15) is 5.82 Å². The Morgan fingerprint density at radius 3 is 2.63 bits per heavy atom. The second kappa shape index (κ2) is 5.58. The second-order valence-corrected chi connectivity index (χ2v) is 6.72. The molecule has 2 rings (SSSR count). The molecule has 1 atom stereocenters. The minimum atomic E-state index is 0.0421. The van der Waals surface area contributed by atoms with Crippen LogP contribution < -0.4 is 5.32 Å². The second-order valence-electron chi connectivity index (χ2n) is 6.72. The van der Waals surface area contributed by atoms with Crippen LogP contribution in [0, 0.1) is 12.8 Å². The molecule has 0 aromatic carbocycles. The van der Waals surface area contributed by atoms with Crippen LogP contribution in [0.1, 0.15) is 56.9 Å². The van der Waals surface area contributed by atoms with Crippen LogP contribution in [0.2, 0.25) is 0 Å². The van der Waals surface area contributed by atoms with Crippen molar-refractivity contribution in [3.8, 4) is 0 Å². The predicted octanol–water partition coefficient (Wildman–Crippen LogP) is 2.80. The highest BCUT2D eigenvalue weighted by molar-refractivity contribution is 5.29. The summed E-state index contributed by atoms with van der Waals surface area (Å²) in [5.41, 5.74) is 3.93. The van der Waals surface area contributed by atoms with Crippen molar-refractivity contribution >= 4 is 0 Å². The molecule has 3 nitrogen and oxygen atoms in total. The SMILES string of the molecule is CCNCC1CCc2nc(C(C)(C)C)nc(C)c2C1. The third kappa shape index (κ3) is 3.33. The molecule has 1 aromatic rings. The normalized spacial score (nSPS) is 19.3. The van der Waals surface area contributed by atoms with Crippen molar-refractivity contribution in [2.45, 2.75) is 59.3 Å². The molecule has 19 heavy (non-hydrogen) atoms. The zero-order valence-electron chi connectivity index (χ0n) is 13.0. The fourth-order valence-corrected chi connectivity index (χ4v) is 2.72. The summed E-state index contributed by atoms with van der Waals surface area (Å²) in [7, 11) is 0. The van der Waals surface area contributed by atoms with Gasteiger partial charge >= 0.3 is 0 Å². The lowest BCUT2D eigenvalue weighted by molar-refractivity contribution is 0.418. The molecule has 0 aliphatic heterocycles. The first kappa shape index (κ1) is 14.4. The summed E-state index contributed by atoms with van der Waals surface area (Å²) in [6.45, 7) is 13.0. The Hall–Kier alpha value is -0.960. The van der Waals surface area contributed by atoms with E-state index in [2.05, 4.69) is 39.9 Å². The van der Waals surface area contributed by atoms with Crippen molar-refractivity contribution in [1.29, 1.82) is 0 Å². The predicted molar refractivity (Wildman–Crippen MR) is 79.5 cm³/mol. The van der Waals surface area contributed by atoms with E-state index in [0.717, 1.165) is 37.7 Å². The Kier molecular flexibility index (Phi) is 4.24. The summed E-state index contributed by atoms with van der Waals surface area (Å²) in [5, 5.41) is 3.46. The van der Waals surface area contributed by atoms with Gasteiger partial charge < -0.3 is 5.32 Å². The van der Waals surface area contributed by atoms with Gasteiger partial charge in [0, 0.05) is 16.8 Å². The maximum absolute atomic E-state index is 4.83. The Morgan fingerprint density at radius 2 is 2.00 bits per heavy atom. The van der Waals surface area contributed by atoms with E-state index >= 15 is 0 Å². The minimum absolute atomic E-state index is 0.0421. The molecule has 3 heteroatoms. The number of aryl methyl sites for hydroxylation is 2. The first-order valence-corrected chi connectivity index (χ1v) is 7.49. The number of hydrogen-bond acceptors (Lipinski definition) is 3. The van der Waals surface area contributed by atoms with Gasteiger partial charge in [0.25, 0.3) is 0 Å². The zero-order chi connectivity index (χ0) is 14.0. The van der Waals surface area contributed by atoms with Crippen molar-refractivity contribution in [2.24, 2.45) is 5.92 Å². The lowest BCUT2D eigenvalue weighted by atomic mass is 9.85. The van der Waals surface area contributed by atoms with E-state index < -0.39 is 0 Å². The standard InChI is InChI=1S/C16H27N3/c1-6-17-10-12-7-8-14-13(9-12)11(2)18-15(19-14)16(3,4)5/h12,17H,6-10H2,1-5H3. The molecule has 106 valence electrons. The van der Waals surface area contributed by atoms with E-state index in [0.29, 0.717) is 0 Å². The van der Waals surface area contributed by atoms with Crippen LogP contribution >= 0.6 is 0 Å². The van der Waals surface area contributed by atoms with Gasteiger partial charge in [-0.1, -0.05) is 27.7 Å². The first-order chi connectivity index (χ1) is 8.91. The fraction of sp³-hybridized carbons (Fsp3) is 0.750. The third-order valence-corrected chi connectivity index (χ3v) is 3.94. The zero-order valence-corrected chi connectivity index (χ0v) is 13.0. The van der Waals surface area contributed by atoms with Gasteiger partial charge in [-0.15, -0.1) is 0 Å². The van der Waals surface area contributed by atoms with Crippen LogP contribution in [0.4, 0.5) is 0 Å². The fourth-order valence-electron chi connectivity index (χ4n) is 2.72. The number of rotatable bonds is 3. The average molecular weight is 261 g/mol. The van der Waals surface area contributed by atoms with Crippen molar-refractivity contribution in [2.75, 3.05) is 13.1 Å². The van der Waals surface area contributed by atoms with Crippen molar-refractivity contribution in [3.63, 3.8) is 0 Å². The lowest BCUT2D eigenvalue weighted by Crippen LogP contribution is -2.29. The molecule has 1 aliphatic rings. The van der Waals surface area contributed by atoms with Gasteiger partial charge in [0.2, 0.25) is 0 Å². The highest BCUT2D eigenvalue weighted by Gasteiger charge is 2.25. The lowest BCUT2D eigenvalue weighted by Gasteiger charge is -2.27. The van der Waals surface area contributed by atoms with E-state index in [9.17, 15) is 0 Å². The van der Waals surface area contributed by atoms with Crippen LogP contribution in [0.25, 0.3) is 0 Å². The molecular weight excluding hydrogens is 234 g/mol. The Morgan fingerprint density at radius 1 is 1.26 bits per heavy atom. The van der Waals surface area contributed by atoms with Gasteiger partial charge in [-0.05, 0) is 50.8 Å². The first-order valence-electron chi connectivity index (χ1n) is 7.49. The topological polar surface area (TPSA) is 37.8 Å². The molecule has 1 heterocycles. The van der Waals surface area contributed by atoms with E-state index in [4.69, 9.17) is 9.97 Å². The van der Waals surface area contributed by atoms with E-state index in [1.54, 1.807) is 0 Å². The summed E-state index contributed by atoms with van der Waals surface area (Å²) < 4.78 is 0. The molecule has 0 fully saturated rings. The monoisotopic (exact) mass is 261 g/mol. The van der Waals surface area contributed by atoms with Crippen LogP contribution in [-0.4, -0.2) is 23.1 Å². The molecule has 0 radical (unpaired) electrons. The number of nitrogens with zero attached hydrogens (tertiary/aromatic N) is 2. The van der Waals surface area contributed by atoms with Gasteiger partial charge in [-0.3, -0.25) is 0 Å². The molecule has 0 saturated carbocycles. The highest BCUT2D eigenvalue weighted by atomic mass is 14.9. The summed E-state index contributed by atoms with van der Waals surface area (Å²) in [5.74, 6) is 1.74. The molecule has 1 N–H and O–H groups in total. The Bertz CT molecular complexity index is 446. The van der Waals surface area contributed by atoms with E-state index in [1.165, 1.54) is 23.4 Å². The van der Waals surface area contributed by atoms with E-state index in [-0.39, 0.29) is 5.41 Å². The third-order valence-electron chi connectivity index (χ3n) is 3.94. The van der Waals surface area contributed by atoms with Crippen LogP contribution in [0.5, 0.6) is 0 Å². The van der Waals surface area contributed by atoms with Crippen LogP contribution in [-0.2, 0) is 18.3 Å². The number of hydrogen-bond donors (Lipinski definition) is 1. The quantitative estimate of drug-likeness (QED) is 0.909. The van der Waals surface area contributed by atoms with Gasteiger partial charge in [0.05, 0.1) is 0 Å². The maximum atomic E-state index is 4.83. The van der Waals surface area contributed by atoms with Crippen molar-refractivity contribution in [1.82, 2.24) is 15.3 Å². The molecule has 0 amide bonds. The molecular formula is C16H27N3.